The number of hydrogen-bond donors (Lipinski definition) is 1. The molecule has 6 nitrogen and oxygen atoms in total. The van der Waals surface area contributed by atoms with Gasteiger partial charge < -0.3 is 9.47 Å². The number of halogens is 1. The van der Waals surface area contributed by atoms with Crippen molar-refractivity contribution < 1.29 is 14.3 Å². The van der Waals surface area contributed by atoms with Gasteiger partial charge in [-0.15, -0.1) is 0 Å². The highest BCUT2D eigenvalue weighted by molar-refractivity contribution is 9.10. The van der Waals surface area contributed by atoms with Crippen LogP contribution in [0.2, 0.25) is 0 Å². The van der Waals surface area contributed by atoms with E-state index in [1.807, 2.05) is 42.5 Å². The van der Waals surface area contributed by atoms with Gasteiger partial charge in [0.15, 0.2) is 6.10 Å². The Morgan fingerprint density at radius 1 is 1.22 bits per heavy atom. The van der Waals surface area contributed by atoms with Crippen LogP contribution < -0.4 is 14.9 Å². The molecule has 0 aliphatic carbocycles. The number of methoxy groups -OCH3 is 1. The van der Waals surface area contributed by atoms with Crippen LogP contribution >= 0.6 is 15.9 Å². The summed E-state index contributed by atoms with van der Waals surface area (Å²) in [6.07, 6.45) is 2.47. The first-order chi connectivity index (χ1) is 13.1. The van der Waals surface area contributed by atoms with Gasteiger partial charge in [-0.25, -0.2) is 5.43 Å². The van der Waals surface area contributed by atoms with Crippen LogP contribution in [0.15, 0.2) is 64.3 Å². The summed E-state index contributed by atoms with van der Waals surface area (Å²) in [5.41, 5.74) is 3.93. The second-order valence-electron chi connectivity index (χ2n) is 5.71. The molecule has 1 aromatic heterocycles. The van der Waals surface area contributed by atoms with Crippen LogP contribution in [0.3, 0.4) is 0 Å². The zero-order valence-corrected chi connectivity index (χ0v) is 16.4. The number of ether oxygens (including phenoxy) is 2. The van der Waals surface area contributed by atoms with Gasteiger partial charge in [0, 0.05) is 21.6 Å². The van der Waals surface area contributed by atoms with E-state index in [0.717, 1.165) is 15.4 Å². The fraction of sp³-hybridized carbons (Fsp3) is 0.150. The van der Waals surface area contributed by atoms with Crippen LogP contribution in [0.4, 0.5) is 0 Å². The molecule has 1 atom stereocenters. The Morgan fingerprint density at radius 2 is 2.04 bits per heavy atom. The van der Waals surface area contributed by atoms with Crippen LogP contribution in [-0.2, 0) is 4.79 Å². The molecule has 1 N–H and O–H groups in total. The van der Waals surface area contributed by atoms with Gasteiger partial charge in [-0.3, -0.25) is 9.78 Å². The minimum Gasteiger partial charge on any atom is -0.496 e. The molecule has 7 heteroatoms. The smallest absolute Gasteiger partial charge is 0.280 e. The van der Waals surface area contributed by atoms with E-state index in [1.54, 1.807) is 26.3 Å². The van der Waals surface area contributed by atoms with Gasteiger partial charge in [-0.1, -0.05) is 34.1 Å². The minimum absolute atomic E-state index is 0.367. The van der Waals surface area contributed by atoms with Crippen LogP contribution in [0, 0.1) is 0 Å². The molecule has 0 fully saturated rings. The molecule has 1 heterocycles. The highest BCUT2D eigenvalue weighted by Crippen LogP contribution is 2.24. The third-order valence-corrected chi connectivity index (χ3v) is 4.33. The van der Waals surface area contributed by atoms with Gasteiger partial charge in [0.25, 0.3) is 5.91 Å². The van der Waals surface area contributed by atoms with Crippen molar-refractivity contribution in [1.82, 2.24) is 10.4 Å². The van der Waals surface area contributed by atoms with Gasteiger partial charge in [0.05, 0.1) is 13.3 Å². The Kier molecular flexibility index (Phi) is 6.03. The van der Waals surface area contributed by atoms with Crippen LogP contribution in [0.5, 0.6) is 11.5 Å². The normalized spacial score (nSPS) is 12.1. The SMILES string of the molecule is COc1ccc(Br)cc1/C=N/NC(=O)C(C)Oc1cccc2cccnc12. The average Bonchev–Trinajstić information content (AvgIpc) is 2.68. The molecule has 0 bridgehead atoms. The van der Waals surface area contributed by atoms with Gasteiger partial charge in [0.1, 0.15) is 17.0 Å². The Bertz CT molecular complexity index is 986. The highest BCUT2D eigenvalue weighted by Gasteiger charge is 2.15. The molecular formula is C20H18BrN3O3. The number of carbonyl (C=O) groups is 1. The number of nitrogens with one attached hydrogen (secondary N) is 1. The van der Waals surface area contributed by atoms with Crippen molar-refractivity contribution in [3.63, 3.8) is 0 Å². The standard InChI is InChI=1S/C20H18BrN3O3/c1-13(27-18-7-3-5-14-6-4-10-22-19(14)18)20(25)24-23-12-15-11-16(21)8-9-17(15)26-2/h3-13H,1-2H3,(H,24,25)/b23-12+. The van der Waals surface area contributed by atoms with E-state index in [-0.39, 0.29) is 5.91 Å². The second-order valence-corrected chi connectivity index (χ2v) is 6.63. The lowest BCUT2D eigenvalue weighted by Crippen LogP contribution is -2.33. The minimum atomic E-state index is -0.737. The number of para-hydroxylation sites is 1. The number of carbonyl (C=O) groups excluding carboxylic acids is 1. The lowest BCUT2D eigenvalue weighted by atomic mass is 10.2. The van der Waals surface area contributed by atoms with E-state index in [1.165, 1.54) is 6.21 Å². The number of rotatable bonds is 6. The summed E-state index contributed by atoms with van der Waals surface area (Å²) >= 11 is 3.40. The molecule has 0 aliphatic heterocycles. The number of amides is 1. The van der Waals surface area contributed by atoms with Crippen molar-refractivity contribution in [3.05, 3.63) is 64.8 Å². The van der Waals surface area contributed by atoms with E-state index in [9.17, 15) is 4.79 Å². The molecule has 0 aliphatic rings. The van der Waals surface area contributed by atoms with Crippen molar-refractivity contribution in [3.8, 4) is 11.5 Å². The molecular weight excluding hydrogens is 410 g/mol. The summed E-state index contributed by atoms with van der Waals surface area (Å²) in [5, 5.41) is 4.94. The van der Waals surface area contributed by atoms with Gasteiger partial charge in [-0.2, -0.15) is 5.10 Å². The first-order valence-electron chi connectivity index (χ1n) is 8.25. The third kappa shape index (κ3) is 4.62. The summed E-state index contributed by atoms with van der Waals surface area (Å²) in [4.78, 5) is 16.6. The van der Waals surface area contributed by atoms with Crippen molar-refractivity contribution in [2.24, 2.45) is 5.10 Å². The van der Waals surface area contributed by atoms with Crippen LogP contribution in [0.1, 0.15) is 12.5 Å². The largest absolute Gasteiger partial charge is 0.496 e. The number of aromatic nitrogens is 1. The molecule has 2 aromatic carbocycles. The van der Waals surface area contributed by atoms with Crippen molar-refractivity contribution in [1.29, 1.82) is 0 Å². The zero-order valence-electron chi connectivity index (χ0n) is 14.8. The molecule has 1 amide bonds. The van der Waals surface area contributed by atoms with Crippen molar-refractivity contribution >= 4 is 39.0 Å². The van der Waals surface area contributed by atoms with E-state index >= 15 is 0 Å². The summed E-state index contributed by atoms with van der Waals surface area (Å²) in [6, 6.07) is 14.9. The molecule has 1 unspecified atom stereocenters. The number of hydrogen-bond acceptors (Lipinski definition) is 5. The fourth-order valence-corrected chi connectivity index (χ4v) is 2.86. The van der Waals surface area contributed by atoms with Gasteiger partial charge in [0.2, 0.25) is 0 Å². The number of fused-ring (bicyclic) bond motifs is 1. The summed E-state index contributed by atoms with van der Waals surface area (Å²) in [5.74, 6) is 0.837. The predicted octanol–water partition coefficient (Wildman–Crippen LogP) is 3.92. The van der Waals surface area contributed by atoms with E-state index in [0.29, 0.717) is 17.0 Å². The maximum absolute atomic E-state index is 12.3. The van der Waals surface area contributed by atoms with E-state index < -0.39 is 6.10 Å². The first-order valence-corrected chi connectivity index (χ1v) is 9.04. The molecule has 0 spiro atoms. The van der Waals surface area contributed by atoms with Gasteiger partial charge in [-0.05, 0) is 37.3 Å². The molecule has 27 heavy (non-hydrogen) atoms. The van der Waals surface area contributed by atoms with Crippen LogP contribution in [-0.4, -0.2) is 30.3 Å². The summed E-state index contributed by atoms with van der Waals surface area (Å²) in [7, 11) is 1.58. The highest BCUT2D eigenvalue weighted by atomic mass is 79.9. The average molecular weight is 428 g/mol. The topological polar surface area (TPSA) is 72.8 Å². The Morgan fingerprint density at radius 3 is 2.85 bits per heavy atom. The number of nitrogens with zero attached hydrogens (tertiary/aromatic N) is 2. The monoisotopic (exact) mass is 427 g/mol. The molecule has 0 saturated carbocycles. The molecule has 3 rings (SSSR count). The molecule has 0 radical (unpaired) electrons. The predicted molar refractivity (Wildman–Crippen MR) is 108 cm³/mol. The lowest BCUT2D eigenvalue weighted by molar-refractivity contribution is -0.127. The third-order valence-electron chi connectivity index (χ3n) is 3.84. The Labute approximate surface area is 165 Å². The van der Waals surface area contributed by atoms with E-state index in [4.69, 9.17) is 9.47 Å². The quantitative estimate of drug-likeness (QED) is 0.477. The molecule has 138 valence electrons. The molecule has 0 saturated heterocycles. The maximum atomic E-state index is 12.3. The summed E-state index contributed by atoms with van der Waals surface area (Å²) < 4.78 is 11.9. The summed E-state index contributed by atoms with van der Waals surface area (Å²) in [6.45, 7) is 1.66. The maximum Gasteiger partial charge on any atom is 0.280 e. The number of hydrazone groups is 1. The first kappa shape index (κ1) is 18.8. The number of pyridine rings is 1. The molecule has 3 aromatic rings. The van der Waals surface area contributed by atoms with Crippen molar-refractivity contribution in [2.45, 2.75) is 13.0 Å². The fourth-order valence-electron chi connectivity index (χ4n) is 2.48. The Hall–Kier alpha value is -2.93. The zero-order chi connectivity index (χ0) is 19.2. The van der Waals surface area contributed by atoms with E-state index in [2.05, 4.69) is 31.4 Å². The van der Waals surface area contributed by atoms with Crippen molar-refractivity contribution in [2.75, 3.05) is 7.11 Å². The van der Waals surface area contributed by atoms with Crippen LogP contribution in [0.25, 0.3) is 10.9 Å². The second kappa shape index (κ2) is 8.64. The van der Waals surface area contributed by atoms with Gasteiger partial charge >= 0.3 is 0 Å². The number of benzene rings is 2. The lowest BCUT2D eigenvalue weighted by Gasteiger charge is -2.14. The Balaban J connectivity index is 1.67.